The molecule has 0 radical (unpaired) electrons. The molecule has 0 saturated carbocycles. The number of nitrogens with zero attached hydrogens (tertiary/aromatic N) is 2. The van der Waals surface area contributed by atoms with Gasteiger partial charge in [0.25, 0.3) is 0 Å². The second-order valence-corrected chi connectivity index (χ2v) is 9.42. The van der Waals surface area contributed by atoms with Crippen molar-refractivity contribution in [3.63, 3.8) is 0 Å². The maximum Gasteiger partial charge on any atom is 0.243 e. The molecule has 1 aliphatic heterocycles. The summed E-state index contributed by atoms with van der Waals surface area (Å²) >= 11 is 6.14. The Hall–Kier alpha value is -1.76. The van der Waals surface area contributed by atoms with Gasteiger partial charge in [-0.15, -0.1) is 0 Å². The summed E-state index contributed by atoms with van der Waals surface area (Å²) in [6, 6.07) is 10.9. The number of aryl methyl sites for hydroxylation is 2. The van der Waals surface area contributed by atoms with Crippen molar-refractivity contribution in [2.45, 2.75) is 32.1 Å². The van der Waals surface area contributed by atoms with Crippen LogP contribution in [-0.2, 0) is 10.0 Å². The minimum atomic E-state index is -3.58. The van der Waals surface area contributed by atoms with Gasteiger partial charge >= 0.3 is 0 Å². The molecule has 1 saturated heterocycles. The summed E-state index contributed by atoms with van der Waals surface area (Å²) < 4.78 is 33.4. The van der Waals surface area contributed by atoms with Crippen LogP contribution in [0.15, 0.2) is 41.3 Å². The van der Waals surface area contributed by atoms with Crippen LogP contribution in [0.1, 0.15) is 24.5 Å². The van der Waals surface area contributed by atoms with Crippen molar-refractivity contribution in [3.05, 3.63) is 52.5 Å². The van der Waals surface area contributed by atoms with Gasteiger partial charge in [-0.2, -0.15) is 4.31 Å². The van der Waals surface area contributed by atoms with E-state index in [0.717, 1.165) is 6.42 Å². The molecule has 1 fully saturated rings. The van der Waals surface area contributed by atoms with Crippen molar-refractivity contribution in [1.29, 1.82) is 0 Å². The van der Waals surface area contributed by atoms with Gasteiger partial charge in [-0.25, -0.2) is 8.42 Å². The van der Waals surface area contributed by atoms with Crippen LogP contribution in [-0.4, -0.2) is 45.5 Å². The van der Waals surface area contributed by atoms with E-state index in [2.05, 4.69) is 30.9 Å². The smallest absolute Gasteiger partial charge is 0.243 e. The number of piperazine rings is 1. The number of sulfonamides is 1. The van der Waals surface area contributed by atoms with Crippen LogP contribution in [0.2, 0.25) is 5.02 Å². The third-order valence-corrected chi connectivity index (χ3v) is 7.20. The number of rotatable bonds is 6. The van der Waals surface area contributed by atoms with Gasteiger partial charge in [0.15, 0.2) is 0 Å². The van der Waals surface area contributed by atoms with Gasteiger partial charge < -0.3 is 9.64 Å². The first-order valence-corrected chi connectivity index (χ1v) is 11.4. The second kappa shape index (κ2) is 8.72. The number of para-hydroxylation sites is 1. The number of hydrogen-bond donors (Lipinski definition) is 0. The quantitative estimate of drug-likeness (QED) is 0.698. The maximum absolute atomic E-state index is 13.1. The number of benzene rings is 2. The lowest BCUT2D eigenvalue weighted by molar-refractivity contribution is 0.316. The highest BCUT2D eigenvalue weighted by molar-refractivity contribution is 7.89. The third kappa shape index (κ3) is 4.29. The van der Waals surface area contributed by atoms with Gasteiger partial charge in [-0.3, -0.25) is 0 Å². The lowest BCUT2D eigenvalue weighted by atomic mass is 10.1. The maximum atomic E-state index is 13.1. The van der Waals surface area contributed by atoms with Gasteiger partial charge in [0.1, 0.15) is 5.75 Å². The Balaban J connectivity index is 1.76. The predicted molar refractivity (Wildman–Crippen MR) is 114 cm³/mol. The molecule has 2 aromatic carbocycles. The van der Waals surface area contributed by atoms with Crippen LogP contribution in [0.25, 0.3) is 0 Å². The molecule has 2 aromatic rings. The number of anilines is 1. The summed E-state index contributed by atoms with van der Waals surface area (Å²) in [5.74, 6) is 0.416. The van der Waals surface area contributed by atoms with Crippen molar-refractivity contribution >= 4 is 27.3 Å². The van der Waals surface area contributed by atoms with E-state index in [1.165, 1.54) is 22.9 Å². The zero-order chi connectivity index (χ0) is 20.3. The van der Waals surface area contributed by atoms with Crippen molar-refractivity contribution in [3.8, 4) is 5.75 Å². The van der Waals surface area contributed by atoms with Gasteiger partial charge in [0.05, 0.1) is 16.5 Å². The predicted octanol–water partition coefficient (Wildman–Crippen LogP) is 4.26. The minimum Gasteiger partial charge on any atom is -0.492 e. The van der Waals surface area contributed by atoms with Crippen molar-refractivity contribution in [1.82, 2.24) is 4.31 Å². The standard InChI is InChI=1S/C21H27ClN2O3S/c1-4-14-27-20-15-18(8-9-19(20)22)28(25,26)24-12-10-23(11-13-24)21-16(2)6-5-7-17(21)3/h5-9,15H,4,10-14H2,1-3H3. The first-order valence-electron chi connectivity index (χ1n) is 9.58. The molecule has 7 heteroatoms. The minimum absolute atomic E-state index is 0.225. The van der Waals surface area contributed by atoms with Crippen LogP contribution in [0.5, 0.6) is 5.75 Å². The summed E-state index contributed by atoms with van der Waals surface area (Å²) in [5.41, 5.74) is 3.64. The van der Waals surface area contributed by atoms with Crippen LogP contribution in [0, 0.1) is 13.8 Å². The molecule has 152 valence electrons. The van der Waals surface area contributed by atoms with Gasteiger partial charge in [0.2, 0.25) is 10.0 Å². The van der Waals surface area contributed by atoms with Crippen LogP contribution < -0.4 is 9.64 Å². The normalized spacial score (nSPS) is 15.6. The molecule has 0 atom stereocenters. The molecular formula is C21H27ClN2O3S. The van der Waals surface area contributed by atoms with E-state index in [4.69, 9.17) is 16.3 Å². The van der Waals surface area contributed by atoms with E-state index < -0.39 is 10.0 Å². The van der Waals surface area contributed by atoms with Crippen LogP contribution in [0.4, 0.5) is 5.69 Å². The molecule has 5 nitrogen and oxygen atoms in total. The Bertz CT molecular complexity index is 918. The van der Waals surface area contributed by atoms with Crippen molar-refractivity contribution in [2.24, 2.45) is 0 Å². The Kier molecular flexibility index (Phi) is 6.53. The number of halogens is 1. The molecule has 0 unspecified atom stereocenters. The average molecular weight is 423 g/mol. The van der Waals surface area contributed by atoms with Gasteiger partial charge in [0, 0.05) is 37.9 Å². The molecule has 0 aliphatic carbocycles. The van der Waals surface area contributed by atoms with Crippen molar-refractivity contribution < 1.29 is 13.2 Å². The molecular weight excluding hydrogens is 396 g/mol. The summed E-state index contributed by atoms with van der Waals surface area (Å²) in [4.78, 5) is 2.50. The monoisotopic (exact) mass is 422 g/mol. The lowest BCUT2D eigenvalue weighted by Gasteiger charge is -2.37. The number of ether oxygens (including phenoxy) is 1. The fourth-order valence-electron chi connectivity index (χ4n) is 3.57. The zero-order valence-electron chi connectivity index (χ0n) is 16.6. The van der Waals surface area contributed by atoms with Crippen LogP contribution >= 0.6 is 11.6 Å². The fraction of sp³-hybridized carbons (Fsp3) is 0.429. The highest BCUT2D eigenvalue weighted by atomic mass is 35.5. The molecule has 3 rings (SSSR count). The molecule has 0 spiro atoms. The molecule has 0 N–H and O–H groups in total. The van der Waals surface area contributed by atoms with Crippen LogP contribution in [0.3, 0.4) is 0 Å². The number of hydrogen-bond acceptors (Lipinski definition) is 4. The first kappa shape index (κ1) is 21.0. The highest BCUT2D eigenvalue weighted by Crippen LogP contribution is 2.31. The van der Waals surface area contributed by atoms with E-state index in [9.17, 15) is 8.42 Å². The Morgan fingerprint density at radius 1 is 1.04 bits per heavy atom. The average Bonchev–Trinajstić information content (AvgIpc) is 2.67. The fourth-order valence-corrected chi connectivity index (χ4v) is 5.18. The van der Waals surface area contributed by atoms with E-state index in [1.807, 2.05) is 13.0 Å². The summed E-state index contributed by atoms with van der Waals surface area (Å²) in [6.07, 6.45) is 0.827. The summed E-state index contributed by atoms with van der Waals surface area (Å²) in [7, 11) is -3.58. The topological polar surface area (TPSA) is 49.9 Å². The molecule has 0 aromatic heterocycles. The van der Waals surface area contributed by atoms with Gasteiger partial charge in [-0.1, -0.05) is 36.7 Å². The highest BCUT2D eigenvalue weighted by Gasteiger charge is 2.30. The van der Waals surface area contributed by atoms with E-state index in [0.29, 0.717) is 43.6 Å². The van der Waals surface area contributed by atoms with E-state index in [-0.39, 0.29) is 4.90 Å². The second-order valence-electron chi connectivity index (χ2n) is 7.07. The molecule has 0 amide bonds. The van der Waals surface area contributed by atoms with Gasteiger partial charge in [-0.05, 0) is 43.5 Å². The summed E-state index contributed by atoms with van der Waals surface area (Å²) in [5, 5.41) is 0.423. The van der Waals surface area contributed by atoms with Crippen molar-refractivity contribution in [2.75, 3.05) is 37.7 Å². The Morgan fingerprint density at radius 2 is 1.68 bits per heavy atom. The first-order chi connectivity index (χ1) is 13.3. The van der Waals surface area contributed by atoms with E-state index in [1.54, 1.807) is 16.4 Å². The Labute approximate surface area is 172 Å². The third-order valence-electron chi connectivity index (χ3n) is 5.00. The molecule has 1 heterocycles. The summed E-state index contributed by atoms with van der Waals surface area (Å²) in [6.45, 7) is 8.90. The molecule has 1 aliphatic rings. The zero-order valence-corrected chi connectivity index (χ0v) is 18.2. The molecule has 28 heavy (non-hydrogen) atoms. The Morgan fingerprint density at radius 3 is 2.29 bits per heavy atom. The van der Waals surface area contributed by atoms with E-state index >= 15 is 0 Å². The SMILES string of the molecule is CCCOc1cc(S(=O)(=O)N2CCN(c3c(C)cccc3C)CC2)ccc1Cl. The molecule has 0 bridgehead atoms. The lowest BCUT2D eigenvalue weighted by Crippen LogP contribution is -2.49. The largest absolute Gasteiger partial charge is 0.492 e.